The van der Waals surface area contributed by atoms with Gasteiger partial charge >= 0.3 is 0 Å². The molecule has 0 aromatic heterocycles. The van der Waals surface area contributed by atoms with Gasteiger partial charge in [-0.1, -0.05) is 6.92 Å². The van der Waals surface area contributed by atoms with Gasteiger partial charge in [-0.05, 0) is 24.1 Å². The lowest BCUT2D eigenvalue weighted by Gasteiger charge is -2.18. The number of benzene rings is 1. The van der Waals surface area contributed by atoms with Crippen LogP contribution in [0.4, 0.5) is 0 Å². The molecule has 0 aliphatic carbocycles. The fraction of sp³-hybridized carbons (Fsp3) is 0.429. The summed E-state index contributed by atoms with van der Waals surface area (Å²) >= 11 is 0. The van der Waals surface area contributed by atoms with Gasteiger partial charge in [0.15, 0.2) is 0 Å². The van der Waals surface area contributed by atoms with Crippen LogP contribution in [0.1, 0.15) is 29.3 Å². The van der Waals surface area contributed by atoms with E-state index in [1.54, 1.807) is 25.3 Å². The third kappa shape index (κ3) is 2.53. The van der Waals surface area contributed by atoms with Crippen LogP contribution < -0.4 is 4.74 Å². The van der Waals surface area contributed by atoms with Gasteiger partial charge in [0.1, 0.15) is 12.0 Å². The molecule has 1 fully saturated rings. The quantitative estimate of drug-likeness (QED) is 0.763. The molecule has 2 rings (SSSR count). The summed E-state index contributed by atoms with van der Waals surface area (Å²) in [7, 11) is 1.59. The largest absolute Gasteiger partial charge is 0.496 e. The molecule has 96 valence electrons. The lowest BCUT2D eigenvalue weighted by atomic mass is 10.1. The summed E-state index contributed by atoms with van der Waals surface area (Å²) in [6.45, 7) is 3.35. The molecule has 1 unspecified atom stereocenters. The average Bonchev–Trinajstić information content (AvgIpc) is 2.67. The standard InChI is InChI=1S/C14H17NO3/c1-10-5-14(17)15(7-10)8-12-6-11(9-16)3-4-13(12)18-2/h3-4,6,9-10H,5,7-8H2,1-2H3. The third-order valence-electron chi connectivity index (χ3n) is 3.21. The van der Waals surface area contributed by atoms with Gasteiger partial charge in [0.05, 0.1) is 7.11 Å². The molecule has 1 amide bonds. The van der Waals surface area contributed by atoms with E-state index >= 15 is 0 Å². The monoisotopic (exact) mass is 247 g/mol. The number of ether oxygens (including phenoxy) is 1. The van der Waals surface area contributed by atoms with E-state index in [-0.39, 0.29) is 5.91 Å². The number of methoxy groups -OCH3 is 1. The van der Waals surface area contributed by atoms with Crippen molar-refractivity contribution in [1.29, 1.82) is 0 Å². The highest BCUT2D eigenvalue weighted by Gasteiger charge is 2.26. The van der Waals surface area contributed by atoms with Crippen molar-refractivity contribution in [2.75, 3.05) is 13.7 Å². The summed E-state index contributed by atoms with van der Waals surface area (Å²) < 4.78 is 5.26. The molecule has 0 saturated carbocycles. The maximum absolute atomic E-state index is 11.8. The zero-order chi connectivity index (χ0) is 13.1. The topological polar surface area (TPSA) is 46.6 Å². The summed E-state index contributed by atoms with van der Waals surface area (Å²) in [6, 6.07) is 5.26. The fourth-order valence-corrected chi connectivity index (χ4v) is 2.32. The lowest BCUT2D eigenvalue weighted by molar-refractivity contribution is -0.128. The number of carbonyl (C=O) groups excluding carboxylic acids is 2. The highest BCUT2D eigenvalue weighted by molar-refractivity contribution is 5.79. The minimum atomic E-state index is 0.168. The van der Waals surface area contributed by atoms with Crippen molar-refractivity contribution < 1.29 is 14.3 Å². The van der Waals surface area contributed by atoms with Gasteiger partial charge in [-0.25, -0.2) is 0 Å². The SMILES string of the molecule is COc1ccc(C=O)cc1CN1CC(C)CC1=O. The Bertz CT molecular complexity index is 470. The molecule has 0 bridgehead atoms. The van der Waals surface area contributed by atoms with Crippen LogP contribution in [0, 0.1) is 5.92 Å². The van der Waals surface area contributed by atoms with Crippen LogP contribution in [0.5, 0.6) is 5.75 Å². The summed E-state index contributed by atoms with van der Waals surface area (Å²) in [5, 5.41) is 0. The van der Waals surface area contributed by atoms with Crippen LogP contribution in [-0.2, 0) is 11.3 Å². The maximum atomic E-state index is 11.8. The van der Waals surface area contributed by atoms with Crippen molar-refractivity contribution in [3.05, 3.63) is 29.3 Å². The molecule has 1 aromatic rings. The van der Waals surface area contributed by atoms with Crippen LogP contribution in [0.15, 0.2) is 18.2 Å². The number of hydrogen-bond donors (Lipinski definition) is 0. The first kappa shape index (κ1) is 12.6. The average molecular weight is 247 g/mol. The second-order valence-electron chi connectivity index (χ2n) is 4.77. The van der Waals surface area contributed by atoms with Crippen LogP contribution in [0.3, 0.4) is 0 Å². The van der Waals surface area contributed by atoms with Crippen molar-refractivity contribution in [2.45, 2.75) is 19.9 Å². The van der Waals surface area contributed by atoms with Gasteiger partial charge in [0.2, 0.25) is 5.91 Å². The highest BCUT2D eigenvalue weighted by Crippen LogP contribution is 2.25. The molecular weight excluding hydrogens is 230 g/mol. The van der Waals surface area contributed by atoms with Crippen molar-refractivity contribution in [3.8, 4) is 5.75 Å². The molecule has 1 aliphatic heterocycles. The molecule has 0 N–H and O–H groups in total. The van der Waals surface area contributed by atoms with Crippen molar-refractivity contribution >= 4 is 12.2 Å². The zero-order valence-electron chi connectivity index (χ0n) is 10.7. The smallest absolute Gasteiger partial charge is 0.223 e. The Hall–Kier alpha value is -1.84. The molecule has 1 aliphatic rings. The predicted octanol–water partition coefficient (Wildman–Crippen LogP) is 1.88. The number of aldehydes is 1. The Labute approximate surface area is 107 Å². The molecule has 4 heteroatoms. The molecular formula is C14H17NO3. The normalized spacial score (nSPS) is 19.1. The van der Waals surface area contributed by atoms with E-state index in [1.807, 2.05) is 4.90 Å². The predicted molar refractivity (Wildman–Crippen MR) is 67.6 cm³/mol. The second kappa shape index (κ2) is 5.21. The van der Waals surface area contributed by atoms with Crippen LogP contribution in [0.25, 0.3) is 0 Å². The third-order valence-corrected chi connectivity index (χ3v) is 3.21. The van der Waals surface area contributed by atoms with Gasteiger partial charge in [-0.15, -0.1) is 0 Å². The van der Waals surface area contributed by atoms with E-state index in [1.165, 1.54) is 0 Å². The van der Waals surface area contributed by atoms with E-state index in [0.29, 0.717) is 30.2 Å². The lowest BCUT2D eigenvalue weighted by Crippen LogP contribution is -2.24. The van der Waals surface area contributed by atoms with Gasteiger partial charge in [0, 0.05) is 30.6 Å². The number of likely N-dealkylation sites (tertiary alicyclic amines) is 1. The maximum Gasteiger partial charge on any atom is 0.223 e. The molecule has 1 heterocycles. The Kier molecular flexibility index (Phi) is 3.65. The summed E-state index contributed by atoms with van der Waals surface area (Å²) in [6.07, 6.45) is 1.41. The zero-order valence-corrected chi connectivity index (χ0v) is 10.7. The molecule has 0 radical (unpaired) electrons. The number of rotatable bonds is 4. The first-order valence-corrected chi connectivity index (χ1v) is 6.04. The van der Waals surface area contributed by atoms with Crippen LogP contribution >= 0.6 is 0 Å². The molecule has 1 saturated heterocycles. The van der Waals surface area contributed by atoms with Crippen molar-refractivity contribution in [2.24, 2.45) is 5.92 Å². The summed E-state index contributed by atoms with van der Waals surface area (Å²) in [5.41, 5.74) is 1.48. The first-order valence-electron chi connectivity index (χ1n) is 6.04. The summed E-state index contributed by atoms with van der Waals surface area (Å²) in [4.78, 5) is 24.4. The molecule has 1 atom stereocenters. The summed E-state index contributed by atoms with van der Waals surface area (Å²) in [5.74, 6) is 1.28. The van der Waals surface area contributed by atoms with Crippen molar-refractivity contribution in [1.82, 2.24) is 4.90 Å². The number of nitrogens with zero attached hydrogens (tertiary/aromatic N) is 1. The Morgan fingerprint density at radius 3 is 2.83 bits per heavy atom. The van der Waals surface area contributed by atoms with E-state index < -0.39 is 0 Å². The minimum Gasteiger partial charge on any atom is -0.496 e. The number of carbonyl (C=O) groups is 2. The fourth-order valence-electron chi connectivity index (χ4n) is 2.32. The number of hydrogen-bond acceptors (Lipinski definition) is 3. The minimum absolute atomic E-state index is 0.168. The Morgan fingerprint density at radius 1 is 1.50 bits per heavy atom. The van der Waals surface area contributed by atoms with Gasteiger partial charge in [0.25, 0.3) is 0 Å². The van der Waals surface area contributed by atoms with Gasteiger partial charge in [-0.2, -0.15) is 0 Å². The first-order chi connectivity index (χ1) is 8.63. The van der Waals surface area contributed by atoms with Crippen LogP contribution in [-0.4, -0.2) is 30.7 Å². The Balaban J connectivity index is 2.21. The van der Waals surface area contributed by atoms with E-state index in [4.69, 9.17) is 4.74 Å². The van der Waals surface area contributed by atoms with Crippen molar-refractivity contribution in [3.63, 3.8) is 0 Å². The van der Waals surface area contributed by atoms with Gasteiger partial charge < -0.3 is 9.64 Å². The second-order valence-corrected chi connectivity index (χ2v) is 4.77. The Morgan fingerprint density at radius 2 is 2.28 bits per heavy atom. The molecule has 1 aromatic carbocycles. The van der Waals surface area contributed by atoms with E-state index in [0.717, 1.165) is 18.4 Å². The highest BCUT2D eigenvalue weighted by atomic mass is 16.5. The van der Waals surface area contributed by atoms with E-state index in [2.05, 4.69) is 6.92 Å². The van der Waals surface area contributed by atoms with Gasteiger partial charge in [-0.3, -0.25) is 9.59 Å². The molecule has 18 heavy (non-hydrogen) atoms. The van der Waals surface area contributed by atoms with E-state index in [9.17, 15) is 9.59 Å². The van der Waals surface area contributed by atoms with Crippen LogP contribution in [0.2, 0.25) is 0 Å². The molecule has 4 nitrogen and oxygen atoms in total. The number of amides is 1. The molecule has 0 spiro atoms.